The van der Waals surface area contributed by atoms with Crippen LogP contribution in [0.25, 0.3) is 0 Å². The van der Waals surface area contributed by atoms with Crippen molar-refractivity contribution in [3.8, 4) is 0 Å². The molecule has 4 N–H and O–H groups in total. The number of aromatic nitrogens is 1. The number of nitrogens with two attached hydrogens (primary N) is 2. The number of ether oxygens (including phenoxy) is 1. The first-order valence-corrected chi connectivity index (χ1v) is 6.49. The number of hydrogen-bond acceptors (Lipinski definition) is 4. The van der Waals surface area contributed by atoms with Gasteiger partial charge in [-0.1, -0.05) is 0 Å². The number of amides is 1. The summed E-state index contributed by atoms with van der Waals surface area (Å²) in [4.78, 5) is 14.6. The maximum absolute atomic E-state index is 13.0. The Bertz CT molecular complexity index is 522. The normalized spacial score (nSPS) is 26.3. The minimum atomic E-state index is -4.35. The summed E-state index contributed by atoms with van der Waals surface area (Å²) in [7, 11) is 0. The number of hydrogen-bond donors (Lipinski definition) is 2. The van der Waals surface area contributed by atoms with Gasteiger partial charge in [0.2, 0.25) is 0 Å². The minimum absolute atomic E-state index is 0.0870. The predicted octanol–water partition coefficient (Wildman–Crippen LogP) is 2.57. The molecule has 0 aromatic carbocycles. The summed E-state index contributed by atoms with van der Waals surface area (Å²) in [5.74, 6) is -1.99. The van der Waals surface area contributed by atoms with Gasteiger partial charge >= 0.3 is 12.3 Å². The van der Waals surface area contributed by atoms with E-state index >= 15 is 0 Å². The lowest BCUT2D eigenvalue weighted by atomic mass is 9.76. The fourth-order valence-corrected chi connectivity index (χ4v) is 2.84. The molecule has 0 bridgehead atoms. The number of alkyl halides is 3. The number of halogens is 3. The molecule has 1 fully saturated rings. The second kappa shape index (κ2) is 5.79. The molecule has 0 saturated heterocycles. The van der Waals surface area contributed by atoms with Crippen molar-refractivity contribution in [1.29, 1.82) is 0 Å². The van der Waals surface area contributed by atoms with E-state index in [1.165, 1.54) is 12.4 Å². The highest BCUT2D eigenvalue weighted by Crippen LogP contribution is 2.45. The van der Waals surface area contributed by atoms with Crippen LogP contribution in [0.4, 0.5) is 23.7 Å². The zero-order valence-electron chi connectivity index (χ0n) is 11.1. The average Bonchev–Trinajstić information content (AvgIpc) is 2.37. The van der Waals surface area contributed by atoms with Gasteiger partial charge in [0.05, 0.1) is 17.8 Å². The largest absolute Gasteiger partial charge is 0.446 e. The van der Waals surface area contributed by atoms with E-state index in [0.29, 0.717) is 11.3 Å². The molecule has 21 heavy (non-hydrogen) atoms. The first-order chi connectivity index (χ1) is 9.77. The van der Waals surface area contributed by atoms with Gasteiger partial charge < -0.3 is 16.2 Å². The van der Waals surface area contributed by atoms with E-state index in [4.69, 9.17) is 16.2 Å². The lowest BCUT2D eigenvalue weighted by Gasteiger charge is -2.35. The van der Waals surface area contributed by atoms with E-state index in [0.717, 1.165) is 0 Å². The van der Waals surface area contributed by atoms with Crippen molar-refractivity contribution in [2.45, 2.75) is 37.5 Å². The average molecular weight is 303 g/mol. The van der Waals surface area contributed by atoms with E-state index in [1.54, 1.807) is 6.07 Å². The monoisotopic (exact) mass is 303 g/mol. The number of carbonyl (C=O) groups is 1. The van der Waals surface area contributed by atoms with Gasteiger partial charge in [-0.05, 0) is 36.8 Å². The van der Waals surface area contributed by atoms with Crippen LogP contribution in [0.3, 0.4) is 0 Å². The van der Waals surface area contributed by atoms with Crippen LogP contribution in [-0.2, 0) is 4.74 Å². The van der Waals surface area contributed by atoms with E-state index in [-0.39, 0.29) is 19.3 Å². The molecule has 0 aliphatic heterocycles. The Labute approximate surface area is 119 Å². The molecule has 1 aliphatic rings. The number of rotatable bonds is 2. The van der Waals surface area contributed by atoms with Crippen LogP contribution in [-0.4, -0.2) is 23.4 Å². The number of anilines is 1. The molecule has 1 saturated carbocycles. The Balaban J connectivity index is 2.24. The molecule has 1 aromatic heterocycles. The van der Waals surface area contributed by atoms with Crippen LogP contribution in [0, 0.1) is 5.92 Å². The molecule has 0 spiro atoms. The van der Waals surface area contributed by atoms with Crippen LogP contribution in [0.15, 0.2) is 18.5 Å². The van der Waals surface area contributed by atoms with Gasteiger partial charge in [0.1, 0.15) is 6.10 Å². The third-order valence-corrected chi connectivity index (χ3v) is 3.74. The zero-order valence-corrected chi connectivity index (χ0v) is 11.1. The molecule has 1 aliphatic carbocycles. The summed E-state index contributed by atoms with van der Waals surface area (Å²) in [6.07, 6.45) is -3.48. The molecule has 8 heteroatoms. The van der Waals surface area contributed by atoms with E-state index < -0.39 is 30.2 Å². The topological polar surface area (TPSA) is 91.2 Å². The summed E-state index contributed by atoms with van der Waals surface area (Å²) in [6.45, 7) is 0. The van der Waals surface area contributed by atoms with Gasteiger partial charge in [-0.25, -0.2) is 4.79 Å². The molecule has 1 heterocycles. The standard InChI is InChI=1S/C13H16F3N3O2/c14-13(15,16)8-3-7(4-9(5-8)21-12(18)20)10-1-2-19-6-11(10)17/h1-2,6-9H,3-5,17H2,(H2,18,20)/t7-,8-,9+/m1/s1. The third kappa shape index (κ3) is 3.77. The number of primary amides is 1. The van der Waals surface area contributed by atoms with Crippen molar-refractivity contribution < 1.29 is 22.7 Å². The molecule has 0 unspecified atom stereocenters. The van der Waals surface area contributed by atoms with Crippen molar-refractivity contribution >= 4 is 11.8 Å². The molecule has 116 valence electrons. The molecule has 5 nitrogen and oxygen atoms in total. The van der Waals surface area contributed by atoms with Crippen LogP contribution < -0.4 is 11.5 Å². The minimum Gasteiger partial charge on any atom is -0.446 e. The Morgan fingerprint density at radius 3 is 2.62 bits per heavy atom. The van der Waals surface area contributed by atoms with Crippen molar-refractivity contribution in [3.05, 3.63) is 24.0 Å². The Morgan fingerprint density at radius 1 is 1.33 bits per heavy atom. The van der Waals surface area contributed by atoms with Gasteiger partial charge in [0.25, 0.3) is 0 Å². The molecule has 2 rings (SSSR count). The van der Waals surface area contributed by atoms with E-state index in [2.05, 4.69) is 4.98 Å². The van der Waals surface area contributed by atoms with Gasteiger partial charge in [0.15, 0.2) is 0 Å². The van der Waals surface area contributed by atoms with E-state index in [1.807, 2.05) is 0 Å². The smallest absolute Gasteiger partial charge is 0.404 e. The number of nitrogen functional groups attached to an aromatic ring is 1. The van der Waals surface area contributed by atoms with Crippen LogP contribution in [0.2, 0.25) is 0 Å². The molecular weight excluding hydrogens is 287 g/mol. The highest BCUT2D eigenvalue weighted by atomic mass is 19.4. The summed E-state index contributed by atoms with van der Waals surface area (Å²) in [5, 5.41) is 0. The molecule has 0 radical (unpaired) electrons. The predicted molar refractivity (Wildman–Crippen MR) is 69.2 cm³/mol. The second-order valence-electron chi connectivity index (χ2n) is 5.21. The summed E-state index contributed by atoms with van der Waals surface area (Å²) in [6, 6.07) is 1.60. The van der Waals surface area contributed by atoms with Gasteiger partial charge in [0, 0.05) is 6.20 Å². The highest BCUT2D eigenvalue weighted by Gasteiger charge is 2.46. The molecule has 3 atom stereocenters. The Morgan fingerprint density at radius 2 is 2.05 bits per heavy atom. The number of carbonyl (C=O) groups excluding carboxylic acids is 1. The molecular formula is C13H16F3N3O2. The maximum Gasteiger partial charge on any atom is 0.404 e. The lowest BCUT2D eigenvalue weighted by molar-refractivity contribution is -0.191. The van der Waals surface area contributed by atoms with Gasteiger partial charge in [-0.3, -0.25) is 4.98 Å². The van der Waals surface area contributed by atoms with Crippen molar-refractivity contribution in [2.75, 3.05) is 5.73 Å². The Kier molecular flexibility index (Phi) is 4.24. The quantitative estimate of drug-likeness (QED) is 0.878. The highest BCUT2D eigenvalue weighted by molar-refractivity contribution is 5.64. The van der Waals surface area contributed by atoms with Gasteiger partial charge in [-0.2, -0.15) is 13.2 Å². The fraction of sp³-hybridized carbons (Fsp3) is 0.538. The Hall–Kier alpha value is -1.99. The molecule has 1 amide bonds. The van der Waals surface area contributed by atoms with Gasteiger partial charge in [-0.15, -0.1) is 0 Å². The maximum atomic E-state index is 13.0. The van der Waals surface area contributed by atoms with Crippen LogP contribution in [0.1, 0.15) is 30.7 Å². The van der Waals surface area contributed by atoms with Crippen molar-refractivity contribution in [2.24, 2.45) is 11.7 Å². The first kappa shape index (κ1) is 15.4. The van der Waals surface area contributed by atoms with Crippen molar-refractivity contribution in [3.63, 3.8) is 0 Å². The zero-order chi connectivity index (χ0) is 15.6. The number of nitrogens with zero attached hydrogens (tertiary/aromatic N) is 1. The van der Waals surface area contributed by atoms with Crippen LogP contribution >= 0.6 is 0 Å². The lowest BCUT2D eigenvalue weighted by Crippen LogP contribution is -2.37. The van der Waals surface area contributed by atoms with E-state index in [9.17, 15) is 18.0 Å². The van der Waals surface area contributed by atoms with Crippen molar-refractivity contribution in [1.82, 2.24) is 4.98 Å². The fourth-order valence-electron chi connectivity index (χ4n) is 2.84. The summed E-state index contributed by atoms with van der Waals surface area (Å²) < 4.78 is 43.9. The summed E-state index contributed by atoms with van der Waals surface area (Å²) >= 11 is 0. The second-order valence-corrected chi connectivity index (χ2v) is 5.21. The summed E-state index contributed by atoms with van der Waals surface area (Å²) in [5.41, 5.74) is 11.6. The van der Waals surface area contributed by atoms with Crippen LogP contribution in [0.5, 0.6) is 0 Å². The third-order valence-electron chi connectivity index (χ3n) is 3.74. The number of pyridine rings is 1. The SMILES string of the molecule is NC(=O)O[C@H]1C[C@H](c2ccncc2N)C[C@@H](C(F)(F)F)C1. The molecule has 1 aromatic rings. The first-order valence-electron chi connectivity index (χ1n) is 6.49.